The number of hydrogen-bond donors (Lipinski definition) is 0. The summed E-state index contributed by atoms with van der Waals surface area (Å²) in [6.07, 6.45) is 12.3. The van der Waals surface area contributed by atoms with Gasteiger partial charge >= 0.3 is 5.97 Å². The van der Waals surface area contributed by atoms with E-state index in [9.17, 15) is 4.79 Å². The first-order valence-electron chi connectivity index (χ1n) is 6.84. The van der Waals surface area contributed by atoms with E-state index in [0.29, 0.717) is 12.2 Å². The molecule has 4 nitrogen and oxygen atoms in total. The number of methoxy groups -OCH3 is 1. The average Bonchev–Trinajstić information content (AvgIpc) is 3.30. The first kappa shape index (κ1) is 12.2. The molecule has 18 heavy (non-hydrogen) atoms. The van der Waals surface area contributed by atoms with E-state index in [1.165, 1.54) is 26.4 Å². The van der Waals surface area contributed by atoms with E-state index in [1.807, 2.05) is 0 Å². The molecule has 4 unspecified atom stereocenters. The smallest absolute Gasteiger partial charge is 0.340 e. The molecule has 4 aliphatic rings. The van der Waals surface area contributed by atoms with Gasteiger partial charge in [-0.25, -0.2) is 4.79 Å². The molecule has 0 aromatic heterocycles. The van der Waals surface area contributed by atoms with E-state index in [2.05, 4.69) is 16.9 Å². The molecule has 4 atom stereocenters. The highest BCUT2D eigenvalue weighted by Gasteiger charge is 2.63. The van der Waals surface area contributed by atoms with Crippen molar-refractivity contribution in [2.75, 3.05) is 7.11 Å². The fourth-order valence-electron chi connectivity index (χ4n) is 2.95. The van der Waals surface area contributed by atoms with Crippen molar-refractivity contribution in [3.05, 3.63) is 12.2 Å². The molecule has 4 heteroatoms. The van der Waals surface area contributed by atoms with Crippen LogP contribution in [0, 0.1) is 0 Å². The molecular weight excluding hydrogens is 232 g/mol. The van der Waals surface area contributed by atoms with Gasteiger partial charge in [-0.05, 0) is 32.1 Å². The Hall–Kier alpha value is -0.870. The minimum atomic E-state index is -0.507. The summed E-state index contributed by atoms with van der Waals surface area (Å²) >= 11 is 0. The summed E-state index contributed by atoms with van der Waals surface area (Å²) in [7, 11) is 1.42. The maximum Gasteiger partial charge on any atom is 0.340 e. The Morgan fingerprint density at radius 1 is 1.39 bits per heavy atom. The monoisotopic (exact) mass is 252 g/mol. The predicted octanol–water partition coefficient (Wildman–Crippen LogP) is 1.97. The third-order valence-electron chi connectivity index (χ3n) is 4.18. The van der Waals surface area contributed by atoms with Gasteiger partial charge in [0.05, 0.1) is 19.3 Å². The van der Waals surface area contributed by atoms with Gasteiger partial charge < -0.3 is 14.2 Å². The van der Waals surface area contributed by atoms with E-state index in [4.69, 9.17) is 9.47 Å². The minimum Gasteiger partial charge on any atom is -0.467 e. The number of rotatable bonds is 1. The third-order valence-corrected chi connectivity index (χ3v) is 4.18. The maximum atomic E-state index is 11.2. The van der Waals surface area contributed by atoms with Crippen LogP contribution < -0.4 is 0 Å². The lowest BCUT2D eigenvalue weighted by Crippen LogP contribution is -2.30. The van der Waals surface area contributed by atoms with Crippen LogP contribution in [0.15, 0.2) is 12.2 Å². The molecule has 4 rings (SSSR count). The summed E-state index contributed by atoms with van der Waals surface area (Å²) in [5, 5.41) is 0. The summed E-state index contributed by atoms with van der Waals surface area (Å²) in [5.41, 5.74) is -0.507. The van der Waals surface area contributed by atoms with Crippen LogP contribution in [0.5, 0.6) is 0 Å². The van der Waals surface area contributed by atoms with Crippen LogP contribution in [0.3, 0.4) is 0 Å². The van der Waals surface area contributed by atoms with Crippen molar-refractivity contribution >= 4 is 5.97 Å². The summed E-state index contributed by atoms with van der Waals surface area (Å²) in [5.74, 6) is -0.179. The van der Waals surface area contributed by atoms with Crippen molar-refractivity contribution < 1.29 is 19.0 Å². The van der Waals surface area contributed by atoms with Crippen molar-refractivity contribution in [3.63, 3.8) is 0 Å². The Labute approximate surface area is 107 Å². The van der Waals surface area contributed by atoms with E-state index in [0.717, 1.165) is 19.3 Å². The Kier molecular flexibility index (Phi) is 3.16. The van der Waals surface area contributed by atoms with Gasteiger partial charge in [-0.15, -0.1) is 0 Å². The molecule has 2 aliphatic heterocycles. The molecule has 2 aliphatic carbocycles. The quantitative estimate of drug-likeness (QED) is 0.407. The van der Waals surface area contributed by atoms with Crippen LogP contribution in [0.4, 0.5) is 0 Å². The lowest BCUT2D eigenvalue weighted by atomic mass is 9.89. The molecule has 2 heterocycles. The van der Waals surface area contributed by atoms with Gasteiger partial charge in [0.25, 0.3) is 0 Å². The maximum absolute atomic E-state index is 11.2. The van der Waals surface area contributed by atoms with Gasteiger partial charge in [0.2, 0.25) is 0 Å². The lowest BCUT2D eigenvalue weighted by molar-refractivity contribution is -0.147. The molecule has 0 radical (unpaired) electrons. The molecule has 0 spiro atoms. The van der Waals surface area contributed by atoms with Crippen LogP contribution in [-0.4, -0.2) is 37.0 Å². The Bertz CT molecular complexity index is 365. The number of carbonyl (C=O) groups is 1. The fourth-order valence-corrected chi connectivity index (χ4v) is 2.95. The number of allylic oxidation sites excluding steroid dienone is 1. The second-order valence-corrected chi connectivity index (χ2v) is 5.38. The predicted molar refractivity (Wildman–Crippen MR) is 65.1 cm³/mol. The molecular formula is C14H20O4. The topological polar surface area (TPSA) is 51.4 Å². The number of fused-ring (bicyclic) bond motifs is 2. The Morgan fingerprint density at radius 2 is 2.28 bits per heavy atom. The fraction of sp³-hybridized carbons (Fsp3) is 0.786. The molecule has 0 amide bonds. The van der Waals surface area contributed by atoms with E-state index >= 15 is 0 Å². The third kappa shape index (κ3) is 2.19. The molecule has 100 valence electrons. The van der Waals surface area contributed by atoms with Crippen molar-refractivity contribution in [2.24, 2.45) is 0 Å². The van der Waals surface area contributed by atoms with E-state index < -0.39 is 5.60 Å². The molecule has 0 aromatic rings. The number of hydrogen-bond acceptors (Lipinski definition) is 4. The zero-order valence-corrected chi connectivity index (χ0v) is 10.8. The SMILES string of the molecule is C1=CC2OC2CC1.COC(=O)C12CCCCC1O2. The van der Waals surface area contributed by atoms with Crippen LogP contribution in [0.25, 0.3) is 0 Å². The second kappa shape index (κ2) is 4.67. The normalized spacial score (nSPS) is 42.8. The summed E-state index contributed by atoms with van der Waals surface area (Å²) in [6, 6.07) is 0. The van der Waals surface area contributed by atoms with Crippen LogP contribution >= 0.6 is 0 Å². The minimum absolute atomic E-state index is 0.170. The number of carbonyl (C=O) groups excluding carboxylic acids is 1. The molecule has 1 saturated carbocycles. The zero-order valence-electron chi connectivity index (χ0n) is 10.8. The number of esters is 1. The standard InChI is InChI=1S/C8H12O3.C6H8O/c1-10-7(9)8-5-3-2-4-6(8)11-8;1-2-4-6-5(3-1)7-6/h6H,2-5H2,1H3;1,3,5-6H,2,4H2. The van der Waals surface area contributed by atoms with Crippen molar-refractivity contribution in [3.8, 4) is 0 Å². The second-order valence-electron chi connectivity index (χ2n) is 5.38. The number of epoxide rings is 2. The lowest BCUT2D eigenvalue weighted by Gasteiger charge is -2.13. The Morgan fingerprint density at radius 3 is 2.89 bits per heavy atom. The molecule has 2 saturated heterocycles. The van der Waals surface area contributed by atoms with Gasteiger partial charge in [0.15, 0.2) is 5.60 Å². The largest absolute Gasteiger partial charge is 0.467 e. The van der Waals surface area contributed by atoms with Crippen LogP contribution in [0.1, 0.15) is 38.5 Å². The van der Waals surface area contributed by atoms with E-state index in [-0.39, 0.29) is 12.1 Å². The molecule has 0 N–H and O–H groups in total. The zero-order chi connectivity index (χ0) is 12.6. The van der Waals surface area contributed by atoms with Crippen LogP contribution in [-0.2, 0) is 19.0 Å². The Balaban J connectivity index is 0.000000122. The van der Waals surface area contributed by atoms with Crippen molar-refractivity contribution in [2.45, 2.75) is 62.4 Å². The highest BCUT2D eigenvalue weighted by Crippen LogP contribution is 2.48. The van der Waals surface area contributed by atoms with Gasteiger partial charge in [-0.3, -0.25) is 0 Å². The van der Waals surface area contributed by atoms with Gasteiger partial charge in [0, 0.05) is 0 Å². The summed E-state index contributed by atoms with van der Waals surface area (Å²) in [4.78, 5) is 11.2. The highest BCUT2D eigenvalue weighted by atomic mass is 16.7. The summed E-state index contributed by atoms with van der Waals surface area (Å²) in [6.45, 7) is 0. The first-order chi connectivity index (χ1) is 8.76. The van der Waals surface area contributed by atoms with E-state index in [1.54, 1.807) is 0 Å². The van der Waals surface area contributed by atoms with Crippen molar-refractivity contribution in [1.82, 2.24) is 0 Å². The molecule has 0 bridgehead atoms. The average molecular weight is 252 g/mol. The first-order valence-corrected chi connectivity index (χ1v) is 6.84. The van der Waals surface area contributed by atoms with Gasteiger partial charge in [-0.1, -0.05) is 18.6 Å². The number of ether oxygens (including phenoxy) is 3. The van der Waals surface area contributed by atoms with Crippen LogP contribution in [0.2, 0.25) is 0 Å². The highest BCUT2D eigenvalue weighted by molar-refractivity contribution is 5.83. The molecule has 0 aromatic carbocycles. The van der Waals surface area contributed by atoms with Gasteiger partial charge in [0.1, 0.15) is 6.10 Å². The van der Waals surface area contributed by atoms with Gasteiger partial charge in [-0.2, -0.15) is 0 Å². The molecule has 3 fully saturated rings. The summed E-state index contributed by atoms with van der Waals surface area (Å²) < 4.78 is 15.2. The van der Waals surface area contributed by atoms with Crippen molar-refractivity contribution in [1.29, 1.82) is 0 Å².